The number of hydrogen-bond donors (Lipinski definition) is 1. The van der Waals surface area contributed by atoms with Gasteiger partial charge >= 0.3 is 5.97 Å². The molecule has 1 saturated carbocycles. The number of rotatable bonds is 4. The minimum atomic E-state index is -0.127. The molecule has 2 aliphatic rings. The van der Waals surface area contributed by atoms with E-state index in [9.17, 15) is 4.79 Å². The summed E-state index contributed by atoms with van der Waals surface area (Å²) < 4.78 is 6.05. The molecule has 1 N–H and O–H groups in total. The van der Waals surface area contributed by atoms with E-state index in [0.717, 1.165) is 23.5 Å². The van der Waals surface area contributed by atoms with E-state index in [1.54, 1.807) is 7.05 Å². The molecule has 144 valence electrons. The summed E-state index contributed by atoms with van der Waals surface area (Å²) in [6.45, 7) is 4.45. The number of likely N-dealkylation sites (tertiary alicyclic amines) is 1. The van der Waals surface area contributed by atoms with Crippen LogP contribution in [0, 0.1) is 11.8 Å². The minimum Gasteiger partial charge on any atom is -0.469 e. The standard InChI is InChI=1S/C19H26BrN3O2.HI/c1-13-10-23(11-16(13)17(24)25-3)18(21-2)22-12-19(7-8-19)14-5-4-6-15(20)9-14;/h4-6,9,13,16H,7-8,10-12H2,1-3H3,(H,21,22);1H. The van der Waals surface area contributed by atoms with Gasteiger partial charge in [-0.25, -0.2) is 0 Å². The molecule has 0 aromatic heterocycles. The summed E-state index contributed by atoms with van der Waals surface area (Å²) in [6.07, 6.45) is 2.38. The van der Waals surface area contributed by atoms with Crippen LogP contribution in [0.2, 0.25) is 0 Å². The molecule has 7 heteroatoms. The van der Waals surface area contributed by atoms with E-state index in [-0.39, 0.29) is 47.2 Å². The fourth-order valence-corrected chi connectivity index (χ4v) is 4.11. The Kier molecular flexibility index (Phi) is 7.35. The van der Waals surface area contributed by atoms with Crippen LogP contribution in [0.4, 0.5) is 0 Å². The molecule has 1 heterocycles. The number of aliphatic imine (C=N–C) groups is 1. The lowest BCUT2D eigenvalue weighted by Gasteiger charge is -2.24. The van der Waals surface area contributed by atoms with Crippen LogP contribution in [-0.4, -0.2) is 50.6 Å². The van der Waals surface area contributed by atoms with Gasteiger partial charge in [-0.3, -0.25) is 9.79 Å². The van der Waals surface area contributed by atoms with Crippen LogP contribution in [0.1, 0.15) is 25.3 Å². The number of carbonyl (C=O) groups is 1. The van der Waals surface area contributed by atoms with Gasteiger partial charge in [-0.05, 0) is 36.5 Å². The highest BCUT2D eigenvalue weighted by molar-refractivity contribution is 14.0. The topological polar surface area (TPSA) is 53.9 Å². The minimum absolute atomic E-state index is 0. The van der Waals surface area contributed by atoms with Crippen LogP contribution in [0.5, 0.6) is 0 Å². The number of hydrogen-bond acceptors (Lipinski definition) is 3. The first-order valence-electron chi connectivity index (χ1n) is 8.78. The van der Waals surface area contributed by atoms with Gasteiger partial charge in [-0.2, -0.15) is 0 Å². The lowest BCUT2D eigenvalue weighted by atomic mass is 9.96. The lowest BCUT2D eigenvalue weighted by Crippen LogP contribution is -2.43. The van der Waals surface area contributed by atoms with Gasteiger partial charge in [0.1, 0.15) is 0 Å². The monoisotopic (exact) mass is 535 g/mol. The largest absolute Gasteiger partial charge is 0.469 e. The Balaban J connectivity index is 0.00000243. The van der Waals surface area contributed by atoms with E-state index in [1.807, 2.05) is 0 Å². The average molecular weight is 536 g/mol. The molecule has 0 amide bonds. The van der Waals surface area contributed by atoms with Gasteiger partial charge in [0, 0.05) is 36.6 Å². The van der Waals surface area contributed by atoms with E-state index >= 15 is 0 Å². The number of guanidine groups is 1. The summed E-state index contributed by atoms with van der Waals surface area (Å²) >= 11 is 3.57. The number of ether oxygens (including phenoxy) is 1. The molecular weight excluding hydrogens is 509 g/mol. The Hall–Kier alpha value is -0.830. The number of benzene rings is 1. The highest BCUT2D eigenvalue weighted by Gasteiger charge is 2.45. The first-order chi connectivity index (χ1) is 12.0. The van der Waals surface area contributed by atoms with Gasteiger partial charge in [0.15, 0.2) is 5.96 Å². The summed E-state index contributed by atoms with van der Waals surface area (Å²) in [5, 5.41) is 3.54. The summed E-state index contributed by atoms with van der Waals surface area (Å²) in [6, 6.07) is 8.57. The van der Waals surface area contributed by atoms with Crippen molar-refractivity contribution in [2.75, 3.05) is 33.8 Å². The predicted octanol–water partition coefficient (Wildman–Crippen LogP) is 3.42. The van der Waals surface area contributed by atoms with E-state index in [1.165, 1.54) is 25.5 Å². The van der Waals surface area contributed by atoms with Crippen LogP contribution in [0.25, 0.3) is 0 Å². The molecule has 2 unspecified atom stereocenters. The van der Waals surface area contributed by atoms with Crippen LogP contribution >= 0.6 is 39.9 Å². The lowest BCUT2D eigenvalue weighted by molar-refractivity contribution is -0.145. The van der Waals surface area contributed by atoms with Gasteiger partial charge in [-0.15, -0.1) is 24.0 Å². The van der Waals surface area contributed by atoms with E-state index in [2.05, 4.69) is 62.3 Å². The number of nitrogens with one attached hydrogen (secondary N) is 1. The Labute approximate surface area is 181 Å². The van der Waals surface area contributed by atoms with Crippen molar-refractivity contribution in [2.45, 2.75) is 25.2 Å². The molecule has 1 aromatic rings. The number of methoxy groups -OCH3 is 1. The maximum atomic E-state index is 11.9. The molecule has 1 aromatic carbocycles. The highest BCUT2D eigenvalue weighted by Crippen LogP contribution is 2.48. The summed E-state index contributed by atoms with van der Waals surface area (Å²) in [5.74, 6) is 0.937. The Morgan fingerprint density at radius 1 is 1.42 bits per heavy atom. The summed E-state index contributed by atoms with van der Waals surface area (Å²) in [5.41, 5.74) is 1.57. The predicted molar refractivity (Wildman–Crippen MR) is 118 cm³/mol. The van der Waals surface area contributed by atoms with Crippen LogP contribution < -0.4 is 5.32 Å². The molecule has 0 radical (unpaired) electrons. The van der Waals surface area contributed by atoms with Gasteiger partial charge in [-0.1, -0.05) is 35.0 Å². The van der Waals surface area contributed by atoms with Gasteiger partial charge < -0.3 is 15.0 Å². The fourth-order valence-electron chi connectivity index (χ4n) is 3.72. The number of nitrogens with zero attached hydrogens (tertiary/aromatic N) is 2. The molecule has 1 aliphatic heterocycles. The van der Waals surface area contributed by atoms with Crippen molar-refractivity contribution in [3.63, 3.8) is 0 Å². The second-order valence-electron chi connectivity index (χ2n) is 7.20. The summed E-state index contributed by atoms with van der Waals surface area (Å²) in [4.78, 5) is 18.5. The number of halogens is 2. The third-order valence-corrected chi connectivity index (χ3v) is 6.00. The van der Waals surface area contributed by atoms with Crippen molar-refractivity contribution in [2.24, 2.45) is 16.8 Å². The average Bonchev–Trinajstić information content (AvgIpc) is 3.31. The zero-order valence-electron chi connectivity index (χ0n) is 15.5. The number of esters is 1. The van der Waals surface area contributed by atoms with Gasteiger partial charge in [0.2, 0.25) is 0 Å². The third-order valence-electron chi connectivity index (χ3n) is 5.50. The molecule has 0 bridgehead atoms. The molecule has 26 heavy (non-hydrogen) atoms. The van der Waals surface area contributed by atoms with E-state index in [4.69, 9.17) is 4.74 Å². The molecule has 2 atom stereocenters. The van der Waals surface area contributed by atoms with E-state index in [0.29, 0.717) is 6.54 Å². The Bertz CT molecular complexity index is 679. The first-order valence-corrected chi connectivity index (χ1v) is 9.58. The summed E-state index contributed by atoms with van der Waals surface area (Å²) in [7, 11) is 3.26. The van der Waals surface area contributed by atoms with Crippen molar-refractivity contribution in [1.82, 2.24) is 10.2 Å². The molecular formula is C19H27BrIN3O2. The normalized spacial score (nSPS) is 24.0. The number of carbonyl (C=O) groups excluding carboxylic acids is 1. The van der Waals surface area contributed by atoms with Crippen molar-refractivity contribution in [3.8, 4) is 0 Å². The zero-order chi connectivity index (χ0) is 18.0. The molecule has 1 aliphatic carbocycles. The Morgan fingerprint density at radius 3 is 2.73 bits per heavy atom. The Morgan fingerprint density at radius 2 is 2.15 bits per heavy atom. The van der Waals surface area contributed by atoms with Crippen molar-refractivity contribution < 1.29 is 9.53 Å². The zero-order valence-corrected chi connectivity index (χ0v) is 19.4. The molecule has 2 fully saturated rings. The maximum absolute atomic E-state index is 11.9. The first kappa shape index (κ1) is 21.5. The molecule has 3 rings (SSSR count). The van der Waals surface area contributed by atoms with Gasteiger partial charge in [0.25, 0.3) is 0 Å². The fraction of sp³-hybridized carbons (Fsp3) is 0.579. The van der Waals surface area contributed by atoms with Crippen molar-refractivity contribution >= 4 is 51.8 Å². The van der Waals surface area contributed by atoms with Gasteiger partial charge in [0.05, 0.1) is 13.0 Å². The molecule has 1 saturated heterocycles. The van der Waals surface area contributed by atoms with Crippen LogP contribution in [0.3, 0.4) is 0 Å². The second-order valence-corrected chi connectivity index (χ2v) is 8.12. The molecule has 5 nitrogen and oxygen atoms in total. The smallest absolute Gasteiger partial charge is 0.310 e. The maximum Gasteiger partial charge on any atom is 0.310 e. The highest BCUT2D eigenvalue weighted by atomic mass is 127. The SMILES string of the molecule is CN=C(NCC1(c2cccc(Br)c2)CC1)N1CC(C)C(C(=O)OC)C1.I. The van der Waals surface area contributed by atoms with Crippen molar-refractivity contribution in [3.05, 3.63) is 34.3 Å². The van der Waals surface area contributed by atoms with E-state index < -0.39 is 0 Å². The van der Waals surface area contributed by atoms with Crippen LogP contribution in [0.15, 0.2) is 33.7 Å². The van der Waals surface area contributed by atoms with Crippen molar-refractivity contribution in [1.29, 1.82) is 0 Å². The third kappa shape index (κ3) is 4.52. The molecule has 0 spiro atoms. The second kappa shape index (κ2) is 8.91. The van der Waals surface area contributed by atoms with Crippen LogP contribution in [-0.2, 0) is 14.9 Å². The quantitative estimate of drug-likeness (QED) is 0.278.